The average molecular weight is 352 g/mol. The van der Waals surface area contributed by atoms with Gasteiger partial charge < -0.3 is 4.74 Å². The van der Waals surface area contributed by atoms with E-state index in [-0.39, 0.29) is 5.69 Å². The predicted molar refractivity (Wildman–Crippen MR) is 83.4 cm³/mol. The molecule has 0 spiro atoms. The first-order valence-corrected chi connectivity index (χ1v) is 7.77. The monoisotopic (exact) mass is 351 g/mol. The molecule has 0 radical (unpaired) electrons. The summed E-state index contributed by atoms with van der Waals surface area (Å²) >= 11 is 3.41. The second-order valence-electron chi connectivity index (χ2n) is 5.75. The van der Waals surface area contributed by atoms with E-state index in [1.165, 1.54) is 5.56 Å². The van der Waals surface area contributed by atoms with Crippen molar-refractivity contribution < 1.29 is 9.53 Å². The molecule has 0 N–H and O–H groups in total. The molecule has 112 valence electrons. The van der Waals surface area contributed by atoms with Crippen LogP contribution in [0.15, 0.2) is 30.5 Å². The molecule has 6 heteroatoms. The SMILES string of the molecule is CC(C)(C)OC(=O)c1cn(Cc2ccc(CBr)cc2)nn1. The van der Waals surface area contributed by atoms with E-state index in [2.05, 4.69) is 38.4 Å². The minimum absolute atomic E-state index is 0.224. The summed E-state index contributed by atoms with van der Waals surface area (Å²) in [6.45, 7) is 6.03. The first kappa shape index (κ1) is 15.7. The van der Waals surface area contributed by atoms with Gasteiger partial charge in [-0.3, -0.25) is 0 Å². The smallest absolute Gasteiger partial charge is 0.361 e. The Morgan fingerprint density at radius 3 is 2.43 bits per heavy atom. The molecule has 0 unspecified atom stereocenters. The van der Waals surface area contributed by atoms with Gasteiger partial charge in [0.15, 0.2) is 5.69 Å². The maximum Gasteiger partial charge on any atom is 0.361 e. The Morgan fingerprint density at radius 2 is 1.86 bits per heavy atom. The zero-order valence-electron chi connectivity index (χ0n) is 12.3. The molecule has 0 fully saturated rings. The molecule has 0 amide bonds. The molecule has 0 aliphatic rings. The van der Waals surface area contributed by atoms with Crippen LogP contribution in [0.5, 0.6) is 0 Å². The van der Waals surface area contributed by atoms with Crippen LogP contribution in [-0.4, -0.2) is 26.6 Å². The zero-order valence-corrected chi connectivity index (χ0v) is 13.9. The van der Waals surface area contributed by atoms with E-state index in [1.807, 2.05) is 32.9 Å². The van der Waals surface area contributed by atoms with E-state index in [0.717, 1.165) is 10.9 Å². The Kier molecular flexibility index (Phi) is 4.77. The number of benzene rings is 1. The summed E-state index contributed by atoms with van der Waals surface area (Å²) in [6, 6.07) is 8.17. The summed E-state index contributed by atoms with van der Waals surface area (Å²) in [5, 5.41) is 8.66. The van der Waals surface area contributed by atoms with Gasteiger partial charge in [0, 0.05) is 5.33 Å². The van der Waals surface area contributed by atoms with Crippen molar-refractivity contribution in [2.45, 2.75) is 38.2 Å². The second-order valence-corrected chi connectivity index (χ2v) is 6.31. The third-order valence-corrected chi connectivity index (χ3v) is 3.32. The molecule has 0 bridgehead atoms. The van der Waals surface area contributed by atoms with Gasteiger partial charge in [-0.1, -0.05) is 45.4 Å². The fraction of sp³-hybridized carbons (Fsp3) is 0.400. The molecule has 5 nitrogen and oxygen atoms in total. The standard InChI is InChI=1S/C15H18BrN3O2/c1-15(2,3)21-14(20)13-10-19(18-17-13)9-12-6-4-11(8-16)5-7-12/h4-7,10H,8-9H2,1-3H3. The van der Waals surface area contributed by atoms with E-state index in [1.54, 1.807) is 10.9 Å². The van der Waals surface area contributed by atoms with Crippen LogP contribution >= 0.6 is 15.9 Å². The lowest BCUT2D eigenvalue weighted by Crippen LogP contribution is -2.24. The van der Waals surface area contributed by atoms with Crippen molar-refractivity contribution in [1.29, 1.82) is 0 Å². The van der Waals surface area contributed by atoms with Gasteiger partial charge in [0.1, 0.15) is 5.60 Å². The molecule has 1 aromatic carbocycles. The van der Waals surface area contributed by atoms with E-state index >= 15 is 0 Å². The molecular weight excluding hydrogens is 334 g/mol. The van der Waals surface area contributed by atoms with Crippen molar-refractivity contribution in [2.24, 2.45) is 0 Å². The molecule has 2 rings (SSSR count). The maximum atomic E-state index is 11.9. The van der Waals surface area contributed by atoms with Crippen LogP contribution in [0.2, 0.25) is 0 Å². The van der Waals surface area contributed by atoms with Crippen LogP contribution < -0.4 is 0 Å². The number of carbonyl (C=O) groups excluding carboxylic acids is 1. The van der Waals surface area contributed by atoms with E-state index in [4.69, 9.17) is 4.74 Å². The van der Waals surface area contributed by atoms with Crippen LogP contribution in [0.1, 0.15) is 42.4 Å². The Balaban J connectivity index is 2.04. The molecule has 1 aromatic heterocycles. The molecule has 21 heavy (non-hydrogen) atoms. The topological polar surface area (TPSA) is 57.0 Å². The largest absolute Gasteiger partial charge is 0.455 e. The molecule has 0 aliphatic carbocycles. The summed E-state index contributed by atoms with van der Waals surface area (Å²) in [5.74, 6) is -0.455. The minimum atomic E-state index is -0.535. The fourth-order valence-corrected chi connectivity index (χ4v) is 2.09. The fourth-order valence-electron chi connectivity index (χ4n) is 1.72. The van der Waals surface area contributed by atoms with E-state index in [9.17, 15) is 4.79 Å². The van der Waals surface area contributed by atoms with Crippen LogP contribution in [0.4, 0.5) is 0 Å². The Morgan fingerprint density at radius 1 is 1.24 bits per heavy atom. The van der Waals surface area contributed by atoms with Crippen LogP contribution in [0, 0.1) is 0 Å². The number of alkyl halides is 1. The summed E-state index contributed by atoms with van der Waals surface area (Å²) < 4.78 is 6.88. The molecule has 0 saturated carbocycles. The maximum absolute atomic E-state index is 11.9. The number of nitrogens with zero attached hydrogens (tertiary/aromatic N) is 3. The van der Waals surface area contributed by atoms with Gasteiger partial charge >= 0.3 is 5.97 Å². The van der Waals surface area contributed by atoms with Crippen molar-refractivity contribution in [2.75, 3.05) is 0 Å². The average Bonchev–Trinajstić information content (AvgIpc) is 2.86. The molecule has 0 atom stereocenters. The number of hydrogen-bond donors (Lipinski definition) is 0. The summed E-state index contributed by atoms with van der Waals surface area (Å²) in [5.41, 5.74) is 2.00. The summed E-state index contributed by atoms with van der Waals surface area (Å²) in [6.07, 6.45) is 1.60. The van der Waals surface area contributed by atoms with E-state index < -0.39 is 11.6 Å². The zero-order chi connectivity index (χ0) is 15.5. The van der Waals surface area contributed by atoms with Gasteiger partial charge in [-0.25, -0.2) is 9.48 Å². The number of aromatic nitrogens is 3. The van der Waals surface area contributed by atoms with Crippen molar-refractivity contribution in [1.82, 2.24) is 15.0 Å². The first-order valence-electron chi connectivity index (χ1n) is 6.64. The van der Waals surface area contributed by atoms with Crippen molar-refractivity contribution >= 4 is 21.9 Å². The third kappa shape index (κ3) is 4.67. The lowest BCUT2D eigenvalue weighted by atomic mass is 10.1. The Hall–Kier alpha value is -1.69. The van der Waals surface area contributed by atoms with Crippen LogP contribution in [0.25, 0.3) is 0 Å². The van der Waals surface area contributed by atoms with Crippen LogP contribution in [0.3, 0.4) is 0 Å². The van der Waals surface area contributed by atoms with Gasteiger partial charge in [0.2, 0.25) is 0 Å². The molecule has 1 heterocycles. The number of ether oxygens (including phenoxy) is 1. The third-order valence-electron chi connectivity index (χ3n) is 2.67. The second kappa shape index (κ2) is 6.39. The van der Waals surface area contributed by atoms with Crippen molar-refractivity contribution in [3.05, 3.63) is 47.3 Å². The molecule has 0 saturated heterocycles. The highest BCUT2D eigenvalue weighted by Gasteiger charge is 2.20. The lowest BCUT2D eigenvalue weighted by molar-refractivity contribution is 0.00627. The quantitative estimate of drug-likeness (QED) is 0.627. The van der Waals surface area contributed by atoms with Gasteiger partial charge in [-0.15, -0.1) is 5.10 Å². The normalized spacial score (nSPS) is 11.4. The summed E-state index contributed by atoms with van der Waals surface area (Å²) in [7, 11) is 0. The highest BCUT2D eigenvalue weighted by atomic mass is 79.9. The first-order chi connectivity index (χ1) is 9.87. The van der Waals surface area contributed by atoms with Gasteiger partial charge in [-0.05, 0) is 31.9 Å². The number of carbonyl (C=O) groups is 1. The lowest BCUT2D eigenvalue weighted by Gasteiger charge is -2.18. The summed E-state index contributed by atoms with van der Waals surface area (Å²) in [4.78, 5) is 11.9. The Labute approximate surface area is 132 Å². The molecular formula is C15H18BrN3O2. The minimum Gasteiger partial charge on any atom is -0.455 e. The number of rotatable bonds is 4. The number of hydrogen-bond acceptors (Lipinski definition) is 4. The highest BCUT2D eigenvalue weighted by Crippen LogP contribution is 2.12. The highest BCUT2D eigenvalue weighted by molar-refractivity contribution is 9.08. The van der Waals surface area contributed by atoms with Gasteiger partial charge in [0.25, 0.3) is 0 Å². The number of halogens is 1. The van der Waals surface area contributed by atoms with Crippen LogP contribution in [-0.2, 0) is 16.6 Å². The molecule has 2 aromatic rings. The van der Waals surface area contributed by atoms with Gasteiger partial charge in [0.05, 0.1) is 12.7 Å². The molecule has 0 aliphatic heterocycles. The van der Waals surface area contributed by atoms with Gasteiger partial charge in [-0.2, -0.15) is 0 Å². The van der Waals surface area contributed by atoms with Crippen molar-refractivity contribution in [3.8, 4) is 0 Å². The number of esters is 1. The van der Waals surface area contributed by atoms with E-state index in [0.29, 0.717) is 6.54 Å². The van der Waals surface area contributed by atoms with Crippen molar-refractivity contribution in [3.63, 3.8) is 0 Å². The predicted octanol–water partition coefficient (Wildman–Crippen LogP) is 3.18. The Bertz CT molecular complexity index is 615.